The van der Waals surface area contributed by atoms with E-state index in [1.54, 1.807) is 48.5 Å². The average molecular weight is 398 g/mol. The van der Waals surface area contributed by atoms with Gasteiger partial charge in [-0.1, -0.05) is 36.4 Å². The molecule has 2 aliphatic carbocycles. The van der Waals surface area contributed by atoms with Gasteiger partial charge in [0, 0.05) is 0 Å². The Morgan fingerprint density at radius 2 is 1.37 bits per heavy atom. The Morgan fingerprint density at radius 3 is 2.00 bits per heavy atom. The lowest BCUT2D eigenvalue weighted by molar-refractivity contribution is 0.0681. The molecule has 0 heterocycles. The van der Waals surface area contributed by atoms with Crippen molar-refractivity contribution < 1.29 is 19.1 Å². The summed E-state index contributed by atoms with van der Waals surface area (Å²) in [6, 6.07) is 19.6. The fraction of sp³-hybridized carbons (Fsp3) is 0.231. The number of esters is 2. The number of carbonyl (C=O) groups excluding carboxylic acids is 2. The SMILES string of the molecule is Cc1c(OC(=O)c2ccccc2)c(OC(=O)c2ccccc2)cc2c1C1CCC2C1. The van der Waals surface area contributed by atoms with Crippen LogP contribution < -0.4 is 9.47 Å². The molecule has 0 spiro atoms. The standard InChI is InChI=1S/C26H22O4/c1-16-23-20-13-12-19(14-20)21(23)15-22(29-25(27)17-8-4-2-5-9-17)24(16)30-26(28)18-10-6-3-7-11-18/h2-11,15,19-20H,12-14H2,1H3. The van der Waals surface area contributed by atoms with Gasteiger partial charge in [-0.3, -0.25) is 0 Å². The Morgan fingerprint density at radius 1 is 0.800 bits per heavy atom. The maximum Gasteiger partial charge on any atom is 0.343 e. The van der Waals surface area contributed by atoms with Gasteiger partial charge in [-0.25, -0.2) is 9.59 Å². The molecule has 4 nitrogen and oxygen atoms in total. The van der Waals surface area contributed by atoms with Crippen LogP contribution in [0.1, 0.15) is 68.5 Å². The lowest BCUT2D eigenvalue weighted by Crippen LogP contribution is -2.15. The first-order chi connectivity index (χ1) is 14.6. The molecule has 0 aromatic heterocycles. The van der Waals surface area contributed by atoms with E-state index >= 15 is 0 Å². The average Bonchev–Trinajstić information content (AvgIpc) is 3.39. The molecular formula is C26H22O4. The highest BCUT2D eigenvalue weighted by Crippen LogP contribution is 2.57. The normalized spacial score (nSPS) is 18.7. The molecule has 2 aliphatic rings. The fourth-order valence-corrected chi connectivity index (χ4v) is 4.88. The smallest absolute Gasteiger partial charge is 0.343 e. The lowest BCUT2D eigenvalue weighted by atomic mass is 9.88. The van der Waals surface area contributed by atoms with E-state index in [4.69, 9.17) is 9.47 Å². The third-order valence-electron chi connectivity index (χ3n) is 6.26. The molecule has 2 unspecified atom stereocenters. The summed E-state index contributed by atoms with van der Waals surface area (Å²) in [5, 5.41) is 0. The summed E-state index contributed by atoms with van der Waals surface area (Å²) in [7, 11) is 0. The van der Waals surface area contributed by atoms with Gasteiger partial charge in [-0.2, -0.15) is 0 Å². The van der Waals surface area contributed by atoms with E-state index < -0.39 is 11.9 Å². The van der Waals surface area contributed by atoms with Gasteiger partial charge in [-0.05, 0) is 85.0 Å². The van der Waals surface area contributed by atoms with Crippen LogP contribution in [0.5, 0.6) is 11.5 Å². The van der Waals surface area contributed by atoms with E-state index in [1.807, 2.05) is 25.1 Å². The molecule has 0 N–H and O–H groups in total. The van der Waals surface area contributed by atoms with Gasteiger partial charge in [-0.15, -0.1) is 0 Å². The van der Waals surface area contributed by atoms with Gasteiger partial charge >= 0.3 is 11.9 Å². The van der Waals surface area contributed by atoms with Crippen LogP contribution in [-0.2, 0) is 0 Å². The first-order valence-corrected chi connectivity index (χ1v) is 10.3. The Balaban J connectivity index is 1.55. The van der Waals surface area contributed by atoms with Crippen molar-refractivity contribution in [1.82, 2.24) is 0 Å². The molecule has 0 amide bonds. The molecule has 5 rings (SSSR count). The van der Waals surface area contributed by atoms with E-state index in [0.717, 1.165) is 24.8 Å². The lowest BCUT2D eigenvalue weighted by Gasteiger charge is -2.22. The van der Waals surface area contributed by atoms with Crippen LogP contribution in [0.4, 0.5) is 0 Å². The Hall–Kier alpha value is -3.40. The van der Waals surface area contributed by atoms with Crippen molar-refractivity contribution in [2.45, 2.75) is 38.0 Å². The van der Waals surface area contributed by atoms with Gasteiger partial charge in [0.15, 0.2) is 11.5 Å². The number of fused-ring (bicyclic) bond motifs is 5. The minimum Gasteiger partial charge on any atom is -0.419 e. The molecule has 0 aliphatic heterocycles. The number of benzene rings is 3. The molecule has 2 bridgehead atoms. The number of rotatable bonds is 4. The largest absolute Gasteiger partial charge is 0.419 e. The third kappa shape index (κ3) is 3.18. The fourth-order valence-electron chi connectivity index (χ4n) is 4.88. The zero-order chi connectivity index (χ0) is 20.7. The van der Waals surface area contributed by atoms with Crippen molar-refractivity contribution in [3.05, 3.63) is 94.5 Å². The van der Waals surface area contributed by atoms with Crippen molar-refractivity contribution in [2.75, 3.05) is 0 Å². The van der Waals surface area contributed by atoms with Crippen molar-refractivity contribution >= 4 is 11.9 Å². The van der Waals surface area contributed by atoms with Crippen LogP contribution in [0.2, 0.25) is 0 Å². The summed E-state index contributed by atoms with van der Waals surface area (Å²) in [6.45, 7) is 1.97. The first kappa shape index (κ1) is 18.6. The number of ether oxygens (including phenoxy) is 2. The molecule has 2 atom stereocenters. The highest BCUT2D eigenvalue weighted by molar-refractivity contribution is 5.93. The van der Waals surface area contributed by atoms with E-state index in [9.17, 15) is 9.59 Å². The predicted octanol–water partition coefficient (Wildman–Crippen LogP) is 5.80. The highest BCUT2D eigenvalue weighted by Gasteiger charge is 2.40. The minimum atomic E-state index is -0.463. The summed E-state index contributed by atoms with van der Waals surface area (Å²) < 4.78 is 11.6. The number of carbonyl (C=O) groups is 2. The minimum absolute atomic E-state index is 0.317. The Labute approximate surface area is 175 Å². The molecule has 4 heteroatoms. The summed E-state index contributed by atoms with van der Waals surface area (Å²) in [4.78, 5) is 25.5. The molecule has 150 valence electrons. The molecule has 30 heavy (non-hydrogen) atoms. The van der Waals surface area contributed by atoms with Crippen molar-refractivity contribution in [3.8, 4) is 11.5 Å². The second-order valence-electron chi connectivity index (χ2n) is 8.05. The quantitative estimate of drug-likeness (QED) is 0.412. The Bertz CT molecular complexity index is 1120. The molecular weight excluding hydrogens is 376 g/mol. The third-order valence-corrected chi connectivity index (χ3v) is 6.26. The van der Waals surface area contributed by atoms with Gasteiger partial charge in [0.05, 0.1) is 11.1 Å². The highest BCUT2D eigenvalue weighted by atomic mass is 16.6. The molecule has 3 aromatic carbocycles. The van der Waals surface area contributed by atoms with Crippen LogP contribution in [-0.4, -0.2) is 11.9 Å². The van der Waals surface area contributed by atoms with E-state index in [0.29, 0.717) is 34.5 Å². The number of hydrogen-bond acceptors (Lipinski definition) is 4. The van der Waals surface area contributed by atoms with Crippen molar-refractivity contribution in [3.63, 3.8) is 0 Å². The topological polar surface area (TPSA) is 52.6 Å². The maximum absolute atomic E-state index is 12.8. The monoisotopic (exact) mass is 398 g/mol. The summed E-state index contributed by atoms with van der Waals surface area (Å²) >= 11 is 0. The number of hydrogen-bond donors (Lipinski definition) is 0. The van der Waals surface area contributed by atoms with Crippen LogP contribution >= 0.6 is 0 Å². The second-order valence-corrected chi connectivity index (χ2v) is 8.05. The van der Waals surface area contributed by atoms with Crippen LogP contribution in [0.25, 0.3) is 0 Å². The van der Waals surface area contributed by atoms with Gasteiger partial charge in [0.1, 0.15) is 0 Å². The van der Waals surface area contributed by atoms with Crippen LogP contribution in [0, 0.1) is 6.92 Å². The molecule has 3 aromatic rings. The zero-order valence-corrected chi connectivity index (χ0v) is 16.8. The molecule has 0 saturated heterocycles. The summed E-state index contributed by atoms with van der Waals surface area (Å²) in [6.07, 6.45) is 3.44. The summed E-state index contributed by atoms with van der Waals surface area (Å²) in [5.41, 5.74) is 4.32. The van der Waals surface area contributed by atoms with Crippen molar-refractivity contribution in [1.29, 1.82) is 0 Å². The zero-order valence-electron chi connectivity index (χ0n) is 16.8. The maximum atomic E-state index is 12.8. The molecule has 1 fully saturated rings. The summed E-state index contributed by atoms with van der Waals surface area (Å²) in [5.74, 6) is 0.736. The van der Waals surface area contributed by atoms with Crippen LogP contribution in [0.3, 0.4) is 0 Å². The van der Waals surface area contributed by atoms with Gasteiger partial charge in [0.25, 0.3) is 0 Å². The second kappa shape index (κ2) is 7.45. The first-order valence-electron chi connectivity index (χ1n) is 10.3. The predicted molar refractivity (Wildman–Crippen MR) is 113 cm³/mol. The van der Waals surface area contributed by atoms with E-state index in [-0.39, 0.29) is 0 Å². The molecule has 0 radical (unpaired) electrons. The molecule has 1 saturated carbocycles. The Kier molecular flexibility index (Phi) is 4.62. The van der Waals surface area contributed by atoms with Gasteiger partial charge < -0.3 is 9.47 Å². The van der Waals surface area contributed by atoms with Crippen LogP contribution in [0.15, 0.2) is 66.7 Å². The van der Waals surface area contributed by atoms with E-state index in [1.165, 1.54) is 11.1 Å². The van der Waals surface area contributed by atoms with Gasteiger partial charge in [0.2, 0.25) is 0 Å². The van der Waals surface area contributed by atoms with Crippen molar-refractivity contribution in [2.24, 2.45) is 0 Å². The van der Waals surface area contributed by atoms with E-state index in [2.05, 4.69) is 0 Å².